The van der Waals surface area contributed by atoms with Gasteiger partial charge in [0.2, 0.25) is 5.88 Å². The number of piperazine rings is 1. The Labute approximate surface area is 134 Å². The van der Waals surface area contributed by atoms with Crippen molar-refractivity contribution in [3.63, 3.8) is 0 Å². The van der Waals surface area contributed by atoms with Crippen LogP contribution in [-0.2, 0) is 6.54 Å². The smallest absolute Gasteiger partial charge is 0.253 e. The molecule has 3 rings (SSSR count). The second-order valence-electron chi connectivity index (χ2n) is 5.27. The van der Waals surface area contributed by atoms with Crippen molar-refractivity contribution in [2.75, 3.05) is 33.3 Å². The quantitative estimate of drug-likeness (QED) is 0.866. The van der Waals surface area contributed by atoms with Crippen LogP contribution in [0, 0.1) is 0 Å². The summed E-state index contributed by atoms with van der Waals surface area (Å²) in [6.07, 6.45) is 0. The predicted molar refractivity (Wildman–Crippen MR) is 86.3 cm³/mol. The van der Waals surface area contributed by atoms with Crippen LogP contribution < -0.4 is 4.74 Å². The van der Waals surface area contributed by atoms with Crippen LogP contribution in [0.4, 0.5) is 0 Å². The molecule has 1 aliphatic heterocycles. The van der Waals surface area contributed by atoms with E-state index < -0.39 is 0 Å². The van der Waals surface area contributed by atoms with Crippen molar-refractivity contribution in [2.24, 2.45) is 0 Å². The van der Waals surface area contributed by atoms with Crippen LogP contribution in [-0.4, -0.2) is 53.4 Å². The van der Waals surface area contributed by atoms with E-state index in [1.54, 1.807) is 7.11 Å². The highest BCUT2D eigenvalue weighted by atomic mass is 32.1. The van der Waals surface area contributed by atoms with Crippen molar-refractivity contribution in [3.05, 3.63) is 46.8 Å². The first-order chi connectivity index (χ1) is 10.8. The summed E-state index contributed by atoms with van der Waals surface area (Å²) in [5.41, 5.74) is 0.767. The van der Waals surface area contributed by atoms with E-state index in [2.05, 4.69) is 9.27 Å². The van der Waals surface area contributed by atoms with Crippen molar-refractivity contribution in [1.82, 2.24) is 14.2 Å². The molecule has 1 aromatic carbocycles. The van der Waals surface area contributed by atoms with Gasteiger partial charge in [0.1, 0.15) is 0 Å². The summed E-state index contributed by atoms with van der Waals surface area (Å²) in [5, 5.41) is 0. The standard InChI is InChI=1S/C16H19N3O2S/c1-21-15-11-14(22-17-15)12-18-7-9-19(10-8-18)16(20)13-5-3-2-4-6-13/h2-6,11H,7-10,12H2,1H3. The third-order valence-corrected chi connectivity index (χ3v) is 4.56. The fraction of sp³-hybridized carbons (Fsp3) is 0.375. The average Bonchev–Trinajstić information content (AvgIpc) is 3.03. The van der Waals surface area contributed by atoms with E-state index in [1.165, 1.54) is 16.4 Å². The number of ether oxygens (including phenoxy) is 1. The zero-order chi connectivity index (χ0) is 15.4. The first-order valence-electron chi connectivity index (χ1n) is 7.32. The Morgan fingerprint density at radius 3 is 2.59 bits per heavy atom. The van der Waals surface area contributed by atoms with Gasteiger partial charge >= 0.3 is 0 Å². The second-order valence-corrected chi connectivity index (χ2v) is 6.16. The number of rotatable bonds is 4. The maximum Gasteiger partial charge on any atom is 0.253 e. The van der Waals surface area contributed by atoms with Crippen LogP contribution in [0.5, 0.6) is 5.88 Å². The third-order valence-electron chi connectivity index (χ3n) is 3.81. The van der Waals surface area contributed by atoms with Gasteiger partial charge in [-0.2, -0.15) is 4.37 Å². The molecule has 0 aliphatic carbocycles. The molecule has 0 unspecified atom stereocenters. The minimum atomic E-state index is 0.125. The number of hydrogen-bond acceptors (Lipinski definition) is 5. The third kappa shape index (κ3) is 3.45. The summed E-state index contributed by atoms with van der Waals surface area (Å²) in [7, 11) is 1.63. The van der Waals surface area contributed by atoms with Gasteiger partial charge in [-0.15, -0.1) is 0 Å². The van der Waals surface area contributed by atoms with Crippen molar-refractivity contribution in [1.29, 1.82) is 0 Å². The summed E-state index contributed by atoms with van der Waals surface area (Å²) >= 11 is 1.47. The van der Waals surface area contributed by atoms with E-state index >= 15 is 0 Å². The van der Waals surface area contributed by atoms with Crippen LogP contribution >= 0.6 is 11.5 Å². The zero-order valence-electron chi connectivity index (χ0n) is 12.6. The maximum absolute atomic E-state index is 12.4. The predicted octanol–water partition coefficient (Wildman–Crippen LogP) is 2.11. The van der Waals surface area contributed by atoms with Crippen LogP contribution in [0.3, 0.4) is 0 Å². The van der Waals surface area contributed by atoms with Crippen molar-refractivity contribution in [2.45, 2.75) is 6.54 Å². The normalized spacial score (nSPS) is 15.8. The molecule has 0 saturated carbocycles. The summed E-state index contributed by atoms with van der Waals surface area (Å²) in [5.74, 6) is 0.803. The zero-order valence-corrected chi connectivity index (χ0v) is 13.4. The highest BCUT2D eigenvalue weighted by molar-refractivity contribution is 7.05. The Hall–Kier alpha value is -1.92. The SMILES string of the molecule is COc1cc(CN2CCN(C(=O)c3ccccc3)CC2)sn1. The van der Waals surface area contributed by atoms with Gasteiger partial charge in [0.15, 0.2) is 0 Å². The average molecular weight is 317 g/mol. The molecular weight excluding hydrogens is 298 g/mol. The fourth-order valence-corrected chi connectivity index (χ4v) is 3.29. The Balaban J connectivity index is 1.53. The summed E-state index contributed by atoms with van der Waals surface area (Å²) in [4.78, 5) is 17.9. The van der Waals surface area contributed by atoms with Crippen LogP contribution in [0.15, 0.2) is 36.4 Å². The molecule has 1 fully saturated rings. The number of amides is 1. The first-order valence-corrected chi connectivity index (χ1v) is 8.10. The number of methoxy groups -OCH3 is 1. The molecule has 0 spiro atoms. The monoisotopic (exact) mass is 317 g/mol. The molecule has 1 amide bonds. The molecule has 2 aromatic rings. The first kappa shape index (κ1) is 15.0. The Bertz CT molecular complexity index is 621. The minimum Gasteiger partial charge on any atom is -0.480 e. The van der Waals surface area contributed by atoms with Crippen LogP contribution in [0.25, 0.3) is 0 Å². The number of benzene rings is 1. The highest BCUT2D eigenvalue weighted by Crippen LogP contribution is 2.19. The van der Waals surface area contributed by atoms with Gasteiger partial charge in [-0.05, 0) is 23.7 Å². The Kier molecular flexibility index (Phi) is 4.70. The lowest BCUT2D eigenvalue weighted by Gasteiger charge is -2.34. The molecule has 0 bridgehead atoms. The van der Waals surface area contributed by atoms with Gasteiger partial charge in [0.05, 0.1) is 7.11 Å². The van der Waals surface area contributed by atoms with Gasteiger partial charge in [-0.1, -0.05) is 18.2 Å². The number of nitrogens with zero attached hydrogens (tertiary/aromatic N) is 3. The lowest BCUT2D eigenvalue weighted by Crippen LogP contribution is -2.48. The molecule has 0 atom stereocenters. The molecule has 1 saturated heterocycles. The number of hydrogen-bond donors (Lipinski definition) is 0. The maximum atomic E-state index is 12.4. The second kappa shape index (κ2) is 6.89. The van der Waals surface area contributed by atoms with E-state index in [0.717, 1.165) is 38.3 Å². The molecule has 6 heteroatoms. The number of carbonyl (C=O) groups is 1. The molecule has 0 radical (unpaired) electrons. The summed E-state index contributed by atoms with van der Waals surface area (Å²) < 4.78 is 9.32. The van der Waals surface area contributed by atoms with Gasteiger partial charge in [-0.3, -0.25) is 9.69 Å². The van der Waals surface area contributed by atoms with Crippen molar-refractivity contribution in [3.8, 4) is 5.88 Å². The lowest BCUT2D eigenvalue weighted by atomic mass is 10.2. The fourth-order valence-electron chi connectivity index (χ4n) is 2.56. The van der Waals surface area contributed by atoms with Crippen molar-refractivity contribution < 1.29 is 9.53 Å². The van der Waals surface area contributed by atoms with E-state index in [9.17, 15) is 4.79 Å². The van der Waals surface area contributed by atoms with E-state index in [4.69, 9.17) is 4.74 Å². The Morgan fingerprint density at radius 1 is 1.23 bits per heavy atom. The van der Waals surface area contributed by atoms with Gasteiger partial charge < -0.3 is 9.64 Å². The number of carbonyl (C=O) groups excluding carboxylic acids is 1. The summed E-state index contributed by atoms with van der Waals surface area (Å²) in [6.45, 7) is 4.18. The molecule has 22 heavy (non-hydrogen) atoms. The molecule has 2 heterocycles. The molecule has 0 N–H and O–H groups in total. The van der Waals surface area contributed by atoms with Gasteiger partial charge in [-0.25, -0.2) is 0 Å². The molecule has 5 nitrogen and oxygen atoms in total. The van der Waals surface area contributed by atoms with Crippen molar-refractivity contribution >= 4 is 17.4 Å². The highest BCUT2D eigenvalue weighted by Gasteiger charge is 2.22. The molecule has 116 valence electrons. The minimum absolute atomic E-state index is 0.125. The molecule has 1 aromatic heterocycles. The Morgan fingerprint density at radius 2 is 1.95 bits per heavy atom. The summed E-state index contributed by atoms with van der Waals surface area (Å²) in [6, 6.07) is 11.5. The molecular formula is C16H19N3O2S. The van der Waals surface area contributed by atoms with E-state index in [-0.39, 0.29) is 5.91 Å². The lowest BCUT2D eigenvalue weighted by molar-refractivity contribution is 0.0629. The van der Waals surface area contributed by atoms with E-state index in [0.29, 0.717) is 5.88 Å². The van der Waals surface area contributed by atoms with Crippen LogP contribution in [0.2, 0.25) is 0 Å². The van der Waals surface area contributed by atoms with Crippen LogP contribution in [0.1, 0.15) is 15.2 Å². The largest absolute Gasteiger partial charge is 0.480 e. The van der Waals surface area contributed by atoms with Gasteiger partial charge in [0.25, 0.3) is 5.91 Å². The molecule has 1 aliphatic rings. The number of aromatic nitrogens is 1. The van der Waals surface area contributed by atoms with E-state index in [1.807, 2.05) is 41.3 Å². The topological polar surface area (TPSA) is 45.7 Å². The van der Waals surface area contributed by atoms with Gasteiger partial charge in [0, 0.05) is 49.2 Å².